The third-order valence-electron chi connectivity index (χ3n) is 5.13. The fraction of sp³-hybridized carbons (Fsp3) is 0.333. The van der Waals surface area contributed by atoms with Gasteiger partial charge in [-0.25, -0.2) is 0 Å². The average molecular weight is 350 g/mol. The van der Waals surface area contributed by atoms with Gasteiger partial charge in [-0.2, -0.15) is 0 Å². The van der Waals surface area contributed by atoms with Crippen molar-refractivity contribution >= 4 is 17.5 Å². The van der Waals surface area contributed by atoms with E-state index in [0.717, 1.165) is 32.4 Å². The third kappa shape index (κ3) is 3.57. The maximum absolute atomic E-state index is 12.8. The Morgan fingerprint density at radius 1 is 1.12 bits per heavy atom. The summed E-state index contributed by atoms with van der Waals surface area (Å²) in [5.41, 5.74) is 2.53. The van der Waals surface area contributed by atoms with Crippen LogP contribution in [-0.2, 0) is 11.2 Å². The minimum Gasteiger partial charge on any atom is -0.482 e. The first kappa shape index (κ1) is 16.6. The Kier molecular flexibility index (Phi) is 4.61. The average Bonchev–Trinajstić information content (AvgIpc) is 2.68. The highest BCUT2D eigenvalue weighted by Crippen LogP contribution is 2.30. The fourth-order valence-corrected chi connectivity index (χ4v) is 3.69. The first-order valence-corrected chi connectivity index (χ1v) is 9.09. The van der Waals surface area contributed by atoms with Crippen LogP contribution < -0.4 is 10.1 Å². The lowest BCUT2D eigenvalue weighted by Crippen LogP contribution is -2.39. The minimum atomic E-state index is -0.191. The van der Waals surface area contributed by atoms with E-state index < -0.39 is 0 Å². The zero-order valence-corrected chi connectivity index (χ0v) is 14.6. The van der Waals surface area contributed by atoms with Gasteiger partial charge < -0.3 is 15.0 Å². The second kappa shape index (κ2) is 7.20. The Hall–Kier alpha value is -2.82. The van der Waals surface area contributed by atoms with E-state index in [1.54, 1.807) is 18.2 Å². The SMILES string of the molecule is O=C1COc2ccc(C(=O)N3CCC(Cc4ccccc4)CC3)cc2N1. The van der Waals surface area contributed by atoms with E-state index >= 15 is 0 Å². The van der Waals surface area contributed by atoms with E-state index in [0.29, 0.717) is 22.9 Å². The van der Waals surface area contributed by atoms with Crippen LogP contribution >= 0.6 is 0 Å². The summed E-state index contributed by atoms with van der Waals surface area (Å²) in [4.78, 5) is 26.2. The van der Waals surface area contributed by atoms with Crippen molar-refractivity contribution in [2.24, 2.45) is 5.92 Å². The number of piperidine rings is 1. The topological polar surface area (TPSA) is 58.6 Å². The molecule has 4 rings (SSSR count). The van der Waals surface area contributed by atoms with Gasteiger partial charge >= 0.3 is 0 Å². The molecule has 0 aromatic heterocycles. The number of hydrogen-bond acceptors (Lipinski definition) is 3. The monoisotopic (exact) mass is 350 g/mol. The molecule has 0 aliphatic carbocycles. The Labute approximate surface area is 153 Å². The van der Waals surface area contributed by atoms with Crippen molar-refractivity contribution in [3.8, 4) is 5.75 Å². The number of rotatable bonds is 3. The van der Waals surface area contributed by atoms with Crippen LogP contribution in [0.2, 0.25) is 0 Å². The first-order valence-electron chi connectivity index (χ1n) is 9.09. The van der Waals surface area contributed by atoms with E-state index in [2.05, 4.69) is 29.6 Å². The molecule has 2 amide bonds. The highest BCUT2D eigenvalue weighted by Gasteiger charge is 2.25. The van der Waals surface area contributed by atoms with Crippen molar-refractivity contribution in [2.45, 2.75) is 19.3 Å². The van der Waals surface area contributed by atoms with Crippen molar-refractivity contribution in [1.82, 2.24) is 4.90 Å². The number of fused-ring (bicyclic) bond motifs is 1. The third-order valence-corrected chi connectivity index (χ3v) is 5.13. The zero-order valence-electron chi connectivity index (χ0n) is 14.6. The molecule has 2 aromatic carbocycles. The second-order valence-electron chi connectivity index (χ2n) is 6.97. The van der Waals surface area contributed by atoms with Crippen molar-refractivity contribution in [3.05, 3.63) is 59.7 Å². The van der Waals surface area contributed by atoms with Gasteiger partial charge in [0.1, 0.15) is 5.75 Å². The number of benzene rings is 2. The van der Waals surface area contributed by atoms with Gasteiger partial charge in [0.2, 0.25) is 0 Å². The molecule has 0 spiro atoms. The molecule has 134 valence electrons. The van der Waals surface area contributed by atoms with Gasteiger partial charge in [0.05, 0.1) is 5.69 Å². The van der Waals surface area contributed by atoms with Crippen molar-refractivity contribution in [1.29, 1.82) is 0 Å². The summed E-state index contributed by atoms with van der Waals surface area (Å²) >= 11 is 0. The second-order valence-corrected chi connectivity index (χ2v) is 6.97. The standard InChI is InChI=1S/C21H22N2O3/c24-20-14-26-19-7-6-17(13-18(19)22-20)21(25)23-10-8-16(9-11-23)12-15-4-2-1-3-5-15/h1-7,13,16H,8-12,14H2,(H,22,24). The molecule has 5 heteroatoms. The molecule has 2 aliphatic rings. The number of ether oxygens (including phenoxy) is 1. The highest BCUT2D eigenvalue weighted by molar-refractivity contribution is 5.99. The lowest BCUT2D eigenvalue weighted by atomic mass is 9.90. The van der Waals surface area contributed by atoms with E-state index in [1.807, 2.05) is 11.0 Å². The Morgan fingerprint density at radius 2 is 1.88 bits per heavy atom. The van der Waals surface area contributed by atoms with Gasteiger partial charge in [-0.1, -0.05) is 30.3 Å². The molecule has 2 aromatic rings. The number of carbonyl (C=O) groups excluding carboxylic acids is 2. The lowest BCUT2D eigenvalue weighted by Gasteiger charge is -2.32. The number of likely N-dealkylation sites (tertiary alicyclic amines) is 1. The molecular weight excluding hydrogens is 328 g/mol. The highest BCUT2D eigenvalue weighted by atomic mass is 16.5. The van der Waals surface area contributed by atoms with E-state index in [9.17, 15) is 9.59 Å². The molecule has 5 nitrogen and oxygen atoms in total. The van der Waals surface area contributed by atoms with Crippen LogP contribution in [0.4, 0.5) is 5.69 Å². The molecule has 1 saturated heterocycles. The first-order chi connectivity index (χ1) is 12.7. The molecule has 0 saturated carbocycles. The van der Waals surface area contributed by atoms with Crippen LogP contribution in [0.25, 0.3) is 0 Å². The largest absolute Gasteiger partial charge is 0.482 e. The quantitative estimate of drug-likeness (QED) is 0.925. The molecule has 0 radical (unpaired) electrons. The minimum absolute atomic E-state index is 0.0192. The van der Waals surface area contributed by atoms with Crippen molar-refractivity contribution < 1.29 is 14.3 Å². The molecule has 0 bridgehead atoms. The van der Waals surface area contributed by atoms with Gasteiger partial charge in [-0.15, -0.1) is 0 Å². The van der Waals surface area contributed by atoms with Gasteiger partial charge in [0, 0.05) is 18.7 Å². The van der Waals surface area contributed by atoms with Crippen molar-refractivity contribution in [3.63, 3.8) is 0 Å². The van der Waals surface area contributed by atoms with Crippen LogP contribution in [-0.4, -0.2) is 36.4 Å². The summed E-state index contributed by atoms with van der Waals surface area (Å²) in [5, 5.41) is 2.76. The zero-order chi connectivity index (χ0) is 17.9. The van der Waals surface area contributed by atoms with Gasteiger partial charge in [-0.05, 0) is 48.9 Å². The number of nitrogens with one attached hydrogen (secondary N) is 1. The summed E-state index contributed by atoms with van der Waals surface area (Å²) < 4.78 is 5.35. The Morgan fingerprint density at radius 3 is 2.65 bits per heavy atom. The summed E-state index contributed by atoms with van der Waals surface area (Å²) in [7, 11) is 0. The number of amides is 2. The summed E-state index contributed by atoms with van der Waals surface area (Å²) in [6, 6.07) is 15.8. The van der Waals surface area contributed by atoms with Crippen LogP contribution in [0, 0.1) is 5.92 Å². The van der Waals surface area contributed by atoms with Gasteiger partial charge in [0.15, 0.2) is 6.61 Å². The maximum Gasteiger partial charge on any atom is 0.262 e. The number of anilines is 1. The van der Waals surface area contributed by atoms with Crippen LogP contribution in [0.5, 0.6) is 5.75 Å². The number of nitrogens with zero attached hydrogens (tertiary/aromatic N) is 1. The molecule has 0 unspecified atom stereocenters. The van der Waals surface area contributed by atoms with Gasteiger partial charge in [0.25, 0.3) is 11.8 Å². The van der Waals surface area contributed by atoms with E-state index in [4.69, 9.17) is 4.74 Å². The fourth-order valence-electron chi connectivity index (χ4n) is 3.69. The number of hydrogen-bond donors (Lipinski definition) is 1. The molecule has 2 heterocycles. The smallest absolute Gasteiger partial charge is 0.262 e. The van der Waals surface area contributed by atoms with Crippen LogP contribution in [0.1, 0.15) is 28.8 Å². The molecule has 1 N–H and O–H groups in total. The lowest BCUT2D eigenvalue weighted by molar-refractivity contribution is -0.118. The van der Waals surface area contributed by atoms with Gasteiger partial charge in [-0.3, -0.25) is 9.59 Å². The summed E-state index contributed by atoms with van der Waals surface area (Å²) in [6.45, 7) is 1.57. The van der Waals surface area contributed by atoms with Crippen LogP contribution in [0.3, 0.4) is 0 Å². The molecular formula is C21H22N2O3. The van der Waals surface area contributed by atoms with Crippen LogP contribution in [0.15, 0.2) is 48.5 Å². The molecule has 2 aliphatic heterocycles. The molecule has 0 atom stereocenters. The van der Waals surface area contributed by atoms with E-state index in [-0.39, 0.29) is 18.4 Å². The normalized spacial score (nSPS) is 17.2. The predicted octanol–water partition coefficient (Wildman–Crippen LogP) is 3.11. The van der Waals surface area contributed by atoms with Crippen molar-refractivity contribution in [2.75, 3.05) is 25.0 Å². The molecule has 1 fully saturated rings. The maximum atomic E-state index is 12.8. The van der Waals surface area contributed by atoms with E-state index in [1.165, 1.54) is 5.56 Å². The predicted molar refractivity (Wildman–Crippen MR) is 99.3 cm³/mol. The molecule has 26 heavy (non-hydrogen) atoms. The Bertz CT molecular complexity index is 811. The Balaban J connectivity index is 1.38. The summed E-state index contributed by atoms with van der Waals surface area (Å²) in [6.07, 6.45) is 3.11. The number of carbonyl (C=O) groups is 2. The summed E-state index contributed by atoms with van der Waals surface area (Å²) in [5.74, 6) is 1.06.